The van der Waals surface area contributed by atoms with Crippen LogP contribution in [0.4, 0.5) is 0 Å². The first-order valence-corrected chi connectivity index (χ1v) is 7.72. The van der Waals surface area contributed by atoms with Crippen LogP contribution in [0.2, 0.25) is 0 Å². The van der Waals surface area contributed by atoms with Gasteiger partial charge in [0.25, 0.3) is 0 Å². The second kappa shape index (κ2) is 5.66. The highest BCUT2D eigenvalue weighted by molar-refractivity contribution is 7.91. The summed E-state index contributed by atoms with van der Waals surface area (Å²) in [6, 6.07) is 5.12. The third-order valence-electron chi connectivity index (χ3n) is 2.29. The molecule has 98 valence electrons. The van der Waals surface area contributed by atoms with E-state index in [1.807, 2.05) is 12.4 Å². The first kappa shape index (κ1) is 13.3. The fraction of sp³-hybridized carbons (Fsp3) is 0.273. The van der Waals surface area contributed by atoms with E-state index in [4.69, 9.17) is 4.42 Å². The molecule has 0 spiro atoms. The average Bonchev–Trinajstić information content (AvgIpc) is 2.98. The van der Waals surface area contributed by atoms with Gasteiger partial charge in [0.2, 0.25) is 10.0 Å². The lowest BCUT2D eigenvalue weighted by atomic mass is 10.3. The molecule has 0 saturated carbocycles. The monoisotopic (exact) mass is 286 g/mol. The van der Waals surface area contributed by atoms with Gasteiger partial charge in [-0.25, -0.2) is 13.1 Å². The van der Waals surface area contributed by atoms with Crippen molar-refractivity contribution < 1.29 is 12.8 Å². The molecule has 0 saturated heterocycles. The van der Waals surface area contributed by atoms with E-state index in [1.54, 1.807) is 18.2 Å². The summed E-state index contributed by atoms with van der Waals surface area (Å²) in [4.78, 5) is 0. The molecule has 18 heavy (non-hydrogen) atoms. The van der Waals surface area contributed by atoms with E-state index in [0.717, 1.165) is 5.56 Å². The Bertz CT molecular complexity index is 588. The number of rotatable bonds is 6. The van der Waals surface area contributed by atoms with E-state index >= 15 is 0 Å². The molecule has 5 nitrogen and oxygen atoms in total. The van der Waals surface area contributed by atoms with Crippen LogP contribution >= 0.6 is 11.3 Å². The van der Waals surface area contributed by atoms with Gasteiger partial charge in [-0.15, -0.1) is 11.3 Å². The fourth-order valence-electron chi connectivity index (χ4n) is 1.44. The molecule has 2 aromatic heterocycles. The summed E-state index contributed by atoms with van der Waals surface area (Å²) >= 11 is 1.21. The number of nitrogens with one attached hydrogen (secondary N) is 2. The lowest BCUT2D eigenvalue weighted by Gasteiger charge is -2.02. The van der Waals surface area contributed by atoms with Gasteiger partial charge in [-0.1, -0.05) is 0 Å². The molecule has 0 aliphatic heterocycles. The Balaban J connectivity index is 2.05. The molecule has 0 fully saturated rings. The predicted octanol–water partition coefficient (Wildman–Crippen LogP) is 1.54. The molecule has 2 rings (SSSR count). The first-order chi connectivity index (χ1) is 8.62. The van der Waals surface area contributed by atoms with Crippen LogP contribution in [0.25, 0.3) is 0 Å². The third kappa shape index (κ3) is 3.20. The maximum atomic E-state index is 12.0. The van der Waals surface area contributed by atoms with Gasteiger partial charge < -0.3 is 9.73 Å². The SMILES string of the molecule is CNCc1csc(S(=O)(=O)NCc2ccco2)c1. The molecule has 2 heterocycles. The molecule has 0 atom stereocenters. The molecular formula is C11H14N2O3S2. The van der Waals surface area contributed by atoms with Crippen molar-refractivity contribution in [3.05, 3.63) is 41.2 Å². The van der Waals surface area contributed by atoms with Crippen molar-refractivity contribution >= 4 is 21.4 Å². The molecule has 0 aliphatic rings. The predicted molar refractivity (Wildman–Crippen MR) is 69.8 cm³/mol. The van der Waals surface area contributed by atoms with Gasteiger partial charge in [-0.05, 0) is 36.2 Å². The van der Waals surface area contributed by atoms with Crippen molar-refractivity contribution in [2.75, 3.05) is 7.05 Å². The Morgan fingerprint density at radius 1 is 1.39 bits per heavy atom. The summed E-state index contributed by atoms with van der Waals surface area (Å²) < 4.78 is 31.9. The van der Waals surface area contributed by atoms with E-state index < -0.39 is 10.0 Å². The van der Waals surface area contributed by atoms with Crippen molar-refractivity contribution in [3.63, 3.8) is 0 Å². The van der Waals surface area contributed by atoms with E-state index in [-0.39, 0.29) is 6.54 Å². The second-order valence-corrected chi connectivity index (χ2v) is 6.61. The molecule has 0 aromatic carbocycles. The number of hydrogen-bond acceptors (Lipinski definition) is 5. The Labute approximate surface area is 110 Å². The average molecular weight is 286 g/mol. The van der Waals surface area contributed by atoms with Gasteiger partial charge in [0, 0.05) is 6.54 Å². The lowest BCUT2D eigenvalue weighted by molar-refractivity contribution is 0.499. The van der Waals surface area contributed by atoms with E-state index in [9.17, 15) is 8.42 Å². The lowest BCUT2D eigenvalue weighted by Crippen LogP contribution is -2.22. The van der Waals surface area contributed by atoms with Crippen LogP contribution in [0.3, 0.4) is 0 Å². The Kier molecular flexibility index (Phi) is 4.18. The first-order valence-electron chi connectivity index (χ1n) is 5.36. The molecule has 7 heteroatoms. The topological polar surface area (TPSA) is 71.3 Å². The number of furan rings is 1. The summed E-state index contributed by atoms with van der Waals surface area (Å²) in [5, 5.41) is 4.81. The molecule has 2 aromatic rings. The zero-order valence-electron chi connectivity index (χ0n) is 9.84. The largest absolute Gasteiger partial charge is 0.468 e. The van der Waals surface area contributed by atoms with Crippen molar-refractivity contribution in [2.45, 2.75) is 17.3 Å². The summed E-state index contributed by atoms with van der Waals surface area (Å²) in [7, 11) is -1.63. The molecule has 0 bridgehead atoms. The van der Waals surface area contributed by atoms with E-state index in [1.165, 1.54) is 17.6 Å². The van der Waals surface area contributed by atoms with Gasteiger partial charge in [-0.2, -0.15) is 0 Å². The van der Waals surface area contributed by atoms with Crippen LogP contribution in [0, 0.1) is 0 Å². The normalized spacial score (nSPS) is 11.8. The highest BCUT2D eigenvalue weighted by Crippen LogP contribution is 2.20. The van der Waals surface area contributed by atoms with Gasteiger partial charge in [0.05, 0.1) is 12.8 Å². The number of sulfonamides is 1. The Morgan fingerprint density at radius 3 is 2.89 bits per heavy atom. The Hall–Kier alpha value is -1.15. The quantitative estimate of drug-likeness (QED) is 0.845. The van der Waals surface area contributed by atoms with Crippen molar-refractivity contribution in [1.82, 2.24) is 10.0 Å². The van der Waals surface area contributed by atoms with Crippen LogP contribution in [0.5, 0.6) is 0 Å². The molecule has 0 unspecified atom stereocenters. The van der Waals surface area contributed by atoms with Crippen molar-refractivity contribution in [3.8, 4) is 0 Å². The van der Waals surface area contributed by atoms with Gasteiger partial charge in [0.15, 0.2) is 0 Å². The minimum absolute atomic E-state index is 0.161. The minimum Gasteiger partial charge on any atom is -0.468 e. The highest BCUT2D eigenvalue weighted by atomic mass is 32.2. The van der Waals surface area contributed by atoms with Crippen LogP contribution in [-0.2, 0) is 23.1 Å². The zero-order chi connectivity index (χ0) is 13.0. The highest BCUT2D eigenvalue weighted by Gasteiger charge is 2.16. The van der Waals surface area contributed by atoms with E-state index in [2.05, 4.69) is 10.0 Å². The minimum atomic E-state index is -3.45. The molecule has 0 aliphatic carbocycles. The van der Waals surface area contributed by atoms with Crippen LogP contribution in [-0.4, -0.2) is 15.5 Å². The summed E-state index contributed by atoms with van der Waals surface area (Å²) in [5.41, 5.74) is 0.959. The van der Waals surface area contributed by atoms with Crippen molar-refractivity contribution in [2.24, 2.45) is 0 Å². The standard InChI is InChI=1S/C11H14N2O3S2/c1-12-6-9-5-11(17-8-9)18(14,15)13-7-10-3-2-4-16-10/h2-5,8,12-13H,6-7H2,1H3. The maximum absolute atomic E-state index is 12.0. The smallest absolute Gasteiger partial charge is 0.250 e. The molecule has 2 N–H and O–H groups in total. The van der Waals surface area contributed by atoms with Gasteiger partial charge in [0.1, 0.15) is 9.97 Å². The van der Waals surface area contributed by atoms with Gasteiger partial charge in [-0.3, -0.25) is 0 Å². The summed E-state index contributed by atoms with van der Waals surface area (Å²) in [5.74, 6) is 0.588. The van der Waals surface area contributed by atoms with E-state index in [0.29, 0.717) is 16.5 Å². The fourth-order valence-corrected chi connectivity index (χ4v) is 3.69. The zero-order valence-corrected chi connectivity index (χ0v) is 11.5. The van der Waals surface area contributed by atoms with Crippen LogP contribution < -0.4 is 10.0 Å². The maximum Gasteiger partial charge on any atom is 0.250 e. The summed E-state index contributed by atoms with van der Waals surface area (Å²) in [6.45, 7) is 0.818. The molecule has 0 amide bonds. The third-order valence-corrected chi connectivity index (χ3v) is 5.18. The van der Waals surface area contributed by atoms with Gasteiger partial charge >= 0.3 is 0 Å². The number of thiophene rings is 1. The second-order valence-electron chi connectivity index (χ2n) is 3.71. The van der Waals surface area contributed by atoms with Crippen molar-refractivity contribution in [1.29, 1.82) is 0 Å². The molecule has 0 radical (unpaired) electrons. The Morgan fingerprint density at radius 2 is 2.22 bits per heavy atom. The molecular weight excluding hydrogens is 272 g/mol. The van der Waals surface area contributed by atoms with Crippen LogP contribution in [0.1, 0.15) is 11.3 Å². The summed E-state index contributed by atoms with van der Waals surface area (Å²) in [6.07, 6.45) is 1.51. The number of hydrogen-bond donors (Lipinski definition) is 2. The van der Waals surface area contributed by atoms with Crippen LogP contribution in [0.15, 0.2) is 38.5 Å².